The summed E-state index contributed by atoms with van der Waals surface area (Å²) in [4.78, 5) is 0.00528. The van der Waals surface area contributed by atoms with Gasteiger partial charge in [-0.3, -0.25) is 0 Å². The summed E-state index contributed by atoms with van der Waals surface area (Å²) in [7, 11) is -2.23. The second kappa shape index (κ2) is 7.85. The Morgan fingerprint density at radius 3 is 2.38 bits per heavy atom. The van der Waals surface area contributed by atoms with Crippen molar-refractivity contribution in [3.8, 4) is 0 Å². The van der Waals surface area contributed by atoms with E-state index in [1.165, 1.54) is 12.1 Å². The summed E-state index contributed by atoms with van der Waals surface area (Å²) in [5.41, 5.74) is 2.61. The van der Waals surface area contributed by atoms with Crippen molar-refractivity contribution in [2.45, 2.75) is 24.8 Å². The predicted molar refractivity (Wildman–Crippen MR) is 97.3 cm³/mol. The fourth-order valence-electron chi connectivity index (χ4n) is 2.37. The van der Waals surface area contributed by atoms with Crippen LogP contribution in [0.2, 0.25) is 10.0 Å². The number of ether oxygens (including phenoxy) is 1. The van der Waals surface area contributed by atoms with Gasteiger partial charge in [0.05, 0.1) is 11.1 Å². The monoisotopic (exact) mass is 387 g/mol. The molecule has 0 bridgehead atoms. The van der Waals surface area contributed by atoms with Gasteiger partial charge in [0, 0.05) is 18.7 Å². The number of rotatable bonds is 6. The van der Waals surface area contributed by atoms with Gasteiger partial charge >= 0.3 is 0 Å². The SMILES string of the molecule is COC(CNS(=O)(=O)c1cc(C)c(Cl)cc1Cl)c1ccccc1C. The zero-order valence-corrected chi connectivity index (χ0v) is 16.0. The highest BCUT2D eigenvalue weighted by atomic mass is 35.5. The summed E-state index contributed by atoms with van der Waals surface area (Å²) in [5, 5.41) is 0.511. The molecular formula is C17H19Cl2NO3S. The van der Waals surface area contributed by atoms with Gasteiger partial charge in [0.25, 0.3) is 0 Å². The summed E-state index contributed by atoms with van der Waals surface area (Å²) in [6.45, 7) is 3.78. The van der Waals surface area contributed by atoms with Crippen LogP contribution in [0.25, 0.3) is 0 Å². The first-order chi connectivity index (χ1) is 11.3. The Bertz CT molecular complexity index is 838. The van der Waals surface area contributed by atoms with Crippen molar-refractivity contribution in [1.29, 1.82) is 0 Å². The maximum atomic E-state index is 12.6. The Kier molecular flexibility index (Phi) is 6.28. The highest BCUT2D eigenvalue weighted by molar-refractivity contribution is 7.89. The molecule has 1 atom stereocenters. The van der Waals surface area contributed by atoms with E-state index in [0.29, 0.717) is 10.6 Å². The molecule has 0 aliphatic carbocycles. The van der Waals surface area contributed by atoms with Crippen LogP contribution >= 0.6 is 23.2 Å². The fourth-order valence-corrected chi connectivity index (χ4v) is 4.23. The molecule has 4 nitrogen and oxygen atoms in total. The van der Waals surface area contributed by atoms with E-state index >= 15 is 0 Å². The lowest BCUT2D eigenvalue weighted by atomic mass is 10.0. The standard InChI is InChI=1S/C17H19Cl2NO3S/c1-11-6-4-5-7-13(11)16(23-3)10-20-24(21,22)17-8-12(2)14(18)9-15(17)19/h4-9,16,20H,10H2,1-3H3. The van der Waals surface area contributed by atoms with Crippen LogP contribution < -0.4 is 4.72 Å². The molecule has 0 aromatic heterocycles. The minimum absolute atomic E-state index is 0.00528. The number of nitrogens with one attached hydrogen (secondary N) is 1. The van der Waals surface area contributed by atoms with E-state index in [9.17, 15) is 8.42 Å². The highest BCUT2D eigenvalue weighted by Gasteiger charge is 2.22. The van der Waals surface area contributed by atoms with Crippen LogP contribution in [0.3, 0.4) is 0 Å². The fraction of sp³-hybridized carbons (Fsp3) is 0.294. The number of hydrogen-bond acceptors (Lipinski definition) is 3. The van der Waals surface area contributed by atoms with Crippen molar-refractivity contribution in [3.05, 3.63) is 63.1 Å². The van der Waals surface area contributed by atoms with Crippen molar-refractivity contribution in [2.75, 3.05) is 13.7 Å². The molecule has 1 unspecified atom stereocenters. The normalized spacial score (nSPS) is 13.0. The smallest absolute Gasteiger partial charge is 0.242 e. The number of aryl methyl sites for hydroxylation is 2. The molecule has 2 aromatic rings. The maximum Gasteiger partial charge on any atom is 0.242 e. The summed E-state index contributed by atoms with van der Waals surface area (Å²) in [6, 6.07) is 10.6. The van der Waals surface area contributed by atoms with Crippen LogP contribution in [0.5, 0.6) is 0 Å². The van der Waals surface area contributed by atoms with Crippen LogP contribution in [0.4, 0.5) is 0 Å². The Morgan fingerprint density at radius 2 is 1.75 bits per heavy atom. The summed E-state index contributed by atoms with van der Waals surface area (Å²) in [6.07, 6.45) is -0.395. The second-order valence-corrected chi connectivity index (χ2v) is 8.01. The van der Waals surface area contributed by atoms with Gasteiger partial charge in [0.2, 0.25) is 10.0 Å². The van der Waals surface area contributed by atoms with Crippen molar-refractivity contribution in [3.63, 3.8) is 0 Å². The molecule has 1 N–H and O–H groups in total. The van der Waals surface area contributed by atoms with Crippen LogP contribution in [-0.4, -0.2) is 22.1 Å². The number of benzene rings is 2. The van der Waals surface area contributed by atoms with E-state index in [1.807, 2.05) is 31.2 Å². The van der Waals surface area contributed by atoms with E-state index in [4.69, 9.17) is 27.9 Å². The molecule has 0 spiro atoms. The van der Waals surface area contributed by atoms with Gasteiger partial charge in [-0.05, 0) is 42.7 Å². The molecule has 0 aliphatic rings. The molecule has 0 radical (unpaired) electrons. The number of hydrogen-bond donors (Lipinski definition) is 1. The predicted octanol–water partition coefficient (Wildman–Crippen LogP) is 4.28. The van der Waals surface area contributed by atoms with E-state index in [-0.39, 0.29) is 16.5 Å². The molecule has 130 valence electrons. The first-order valence-electron chi connectivity index (χ1n) is 7.30. The van der Waals surface area contributed by atoms with E-state index in [1.54, 1.807) is 14.0 Å². The van der Waals surface area contributed by atoms with Crippen LogP contribution in [-0.2, 0) is 14.8 Å². The third-order valence-corrected chi connectivity index (χ3v) is 6.08. The van der Waals surface area contributed by atoms with E-state index < -0.39 is 16.1 Å². The third-order valence-electron chi connectivity index (χ3n) is 3.78. The topological polar surface area (TPSA) is 55.4 Å². The van der Waals surface area contributed by atoms with E-state index in [0.717, 1.165) is 11.1 Å². The summed E-state index contributed by atoms with van der Waals surface area (Å²) < 4.78 is 33.1. The molecule has 0 saturated heterocycles. The number of halogens is 2. The Balaban J connectivity index is 2.24. The molecule has 0 saturated carbocycles. The lowest BCUT2D eigenvalue weighted by Gasteiger charge is -2.19. The minimum Gasteiger partial charge on any atom is -0.375 e. The Morgan fingerprint density at radius 1 is 1.08 bits per heavy atom. The quantitative estimate of drug-likeness (QED) is 0.804. The minimum atomic E-state index is -3.78. The van der Waals surface area contributed by atoms with Crippen molar-refractivity contribution < 1.29 is 13.2 Å². The van der Waals surface area contributed by atoms with Gasteiger partial charge in [-0.1, -0.05) is 47.5 Å². The van der Waals surface area contributed by atoms with Gasteiger partial charge in [0.1, 0.15) is 4.90 Å². The molecule has 0 amide bonds. The zero-order valence-electron chi connectivity index (χ0n) is 13.6. The van der Waals surface area contributed by atoms with Crippen LogP contribution in [0.1, 0.15) is 22.8 Å². The van der Waals surface area contributed by atoms with Crippen LogP contribution in [0, 0.1) is 13.8 Å². The third kappa shape index (κ3) is 4.29. The summed E-state index contributed by atoms with van der Waals surface area (Å²) >= 11 is 12.0. The van der Waals surface area contributed by atoms with Gasteiger partial charge in [0.15, 0.2) is 0 Å². The Labute approximate surface area is 152 Å². The highest BCUT2D eigenvalue weighted by Crippen LogP contribution is 2.28. The molecule has 0 aliphatic heterocycles. The van der Waals surface area contributed by atoms with Gasteiger partial charge in [-0.25, -0.2) is 13.1 Å². The molecule has 0 heterocycles. The second-order valence-electron chi connectivity index (χ2n) is 5.46. The largest absolute Gasteiger partial charge is 0.375 e. The lowest BCUT2D eigenvalue weighted by molar-refractivity contribution is 0.107. The molecular weight excluding hydrogens is 369 g/mol. The number of methoxy groups -OCH3 is 1. The van der Waals surface area contributed by atoms with Crippen molar-refractivity contribution >= 4 is 33.2 Å². The maximum absolute atomic E-state index is 12.6. The first-order valence-corrected chi connectivity index (χ1v) is 9.54. The Hall–Kier alpha value is -1.11. The van der Waals surface area contributed by atoms with Crippen molar-refractivity contribution in [1.82, 2.24) is 4.72 Å². The van der Waals surface area contributed by atoms with Gasteiger partial charge < -0.3 is 4.74 Å². The molecule has 2 aromatic carbocycles. The zero-order chi connectivity index (χ0) is 17.9. The molecule has 2 rings (SSSR count). The van der Waals surface area contributed by atoms with Gasteiger partial charge in [-0.2, -0.15) is 0 Å². The lowest BCUT2D eigenvalue weighted by Crippen LogP contribution is -2.29. The van der Waals surface area contributed by atoms with Crippen molar-refractivity contribution in [2.24, 2.45) is 0 Å². The van der Waals surface area contributed by atoms with E-state index in [2.05, 4.69) is 4.72 Å². The molecule has 0 fully saturated rings. The van der Waals surface area contributed by atoms with Gasteiger partial charge in [-0.15, -0.1) is 0 Å². The summed E-state index contributed by atoms with van der Waals surface area (Å²) in [5.74, 6) is 0. The first kappa shape index (κ1) is 19.2. The van der Waals surface area contributed by atoms with Crippen LogP contribution in [0.15, 0.2) is 41.3 Å². The average molecular weight is 388 g/mol. The molecule has 7 heteroatoms. The average Bonchev–Trinajstić information content (AvgIpc) is 2.52. The number of sulfonamides is 1. The molecule has 24 heavy (non-hydrogen) atoms.